The maximum atomic E-state index is 13.3. The summed E-state index contributed by atoms with van der Waals surface area (Å²) in [6, 6.07) is 2.13. The van der Waals surface area contributed by atoms with Crippen LogP contribution < -0.4 is 10.7 Å². The minimum absolute atomic E-state index is 0.0254. The van der Waals surface area contributed by atoms with E-state index in [0.29, 0.717) is 51.9 Å². The van der Waals surface area contributed by atoms with Crippen LogP contribution in [0, 0.1) is 6.92 Å². The average molecular weight is 501 g/mol. The van der Waals surface area contributed by atoms with Gasteiger partial charge in [-0.1, -0.05) is 27.2 Å². The monoisotopic (exact) mass is 500 g/mol. The van der Waals surface area contributed by atoms with Gasteiger partial charge in [0.2, 0.25) is 5.43 Å². The number of hydrogen-bond acceptors (Lipinski definition) is 2. The van der Waals surface area contributed by atoms with Gasteiger partial charge in [-0.25, -0.2) is 0 Å². The number of halogens is 4. The Labute approximate surface area is 189 Å². The van der Waals surface area contributed by atoms with Crippen molar-refractivity contribution in [1.82, 2.24) is 4.57 Å². The number of aryl methyl sites for hydroxylation is 2. The Hall–Kier alpha value is -2.09. The van der Waals surface area contributed by atoms with E-state index in [1.165, 1.54) is 0 Å². The van der Waals surface area contributed by atoms with Gasteiger partial charge in [0, 0.05) is 24.1 Å². The smallest absolute Gasteiger partial charge is 0.350 e. The Bertz CT molecular complexity index is 1020. The predicted octanol–water partition coefficient (Wildman–Crippen LogP) is 6.19. The number of carbonyl (C=O) groups is 1. The molecular formula is C23H28BrF3N2O2. The molecule has 0 radical (unpaired) electrons. The summed E-state index contributed by atoms with van der Waals surface area (Å²) in [7, 11) is 1.80. The molecule has 0 aliphatic rings. The van der Waals surface area contributed by atoms with E-state index in [1.54, 1.807) is 27.8 Å². The highest BCUT2D eigenvalue weighted by atomic mass is 79.9. The number of pyridine rings is 1. The predicted molar refractivity (Wildman–Crippen MR) is 121 cm³/mol. The van der Waals surface area contributed by atoms with E-state index in [4.69, 9.17) is 0 Å². The Morgan fingerprint density at radius 1 is 1.13 bits per heavy atom. The minimum atomic E-state index is -4.47. The summed E-state index contributed by atoms with van der Waals surface area (Å²) in [4.78, 5) is 26.3. The van der Waals surface area contributed by atoms with E-state index in [1.807, 2.05) is 11.5 Å². The van der Waals surface area contributed by atoms with Crippen molar-refractivity contribution in [1.29, 1.82) is 0 Å². The van der Waals surface area contributed by atoms with Gasteiger partial charge in [-0.2, -0.15) is 13.2 Å². The molecule has 0 bridgehead atoms. The van der Waals surface area contributed by atoms with E-state index >= 15 is 0 Å². The van der Waals surface area contributed by atoms with E-state index < -0.39 is 23.1 Å². The van der Waals surface area contributed by atoms with Crippen molar-refractivity contribution in [3.8, 4) is 0 Å². The molecule has 4 nitrogen and oxygen atoms in total. The summed E-state index contributed by atoms with van der Waals surface area (Å²) in [5, 5.41) is 2.77. The lowest BCUT2D eigenvalue weighted by Gasteiger charge is -2.20. The molecule has 1 aromatic heterocycles. The molecule has 0 aliphatic heterocycles. The van der Waals surface area contributed by atoms with Crippen LogP contribution in [0.2, 0.25) is 0 Å². The van der Waals surface area contributed by atoms with Crippen LogP contribution in [0.25, 0.3) is 0 Å². The molecule has 0 unspecified atom stereocenters. The van der Waals surface area contributed by atoms with Gasteiger partial charge in [-0.3, -0.25) is 9.59 Å². The van der Waals surface area contributed by atoms with Crippen LogP contribution in [0.15, 0.2) is 21.4 Å². The molecule has 0 fully saturated rings. The molecule has 0 spiro atoms. The molecule has 1 aromatic carbocycles. The zero-order valence-corrected chi connectivity index (χ0v) is 20.1. The first-order valence-electron chi connectivity index (χ1n) is 10.4. The number of anilines is 1. The van der Waals surface area contributed by atoms with E-state index in [0.717, 1.165) is 25.0 Å². The number of rotatable bonds is 7. The highest BCUT2D eigenvalue weighted by Gasteiger charge is 2.32. The maximum Gasteiger partial charge on any atom is 0.416 e. The summed E-state index contributed by atoms with van der Waals surface area (Å²) in [6.45, 7) is 7.28. The van der Waals surface area contributed by atoms with Crippen LogP contribution in [0.5, 0.6) is 0 Å². The van der Waals surface area contributed by atoms with Crippen molar-refractivity contribution in [2.45, 2.75) is 66.0 Å². The SMILES string of the molecule is CCCCc1c(C(=O)Nc2c(CC)cc(C(F)(F)F)cc2CC)c(=O)c(Br)c(C)n1C. The summed E-state index contributed by atoms with van der Waals surface area (Å²) in [5.74, 6) is -0.600. The Balaban J connectivity index is 2.64. The number of amides is 1. The molecule has 0 aliphatic carbocycles. The zero-order chi connectivity index (χ0) is 23.5. The van der Waals surface area contributed by atoms with Crippen molar-refractivity contribution < 1.29 is 18.0 Å². The lowest BCUT2D eigenvalue weighted by Crippen LogP contribution is -2.29. The van der Waals surface area contributed by atoms with Gasteiger partial charge in [0.15, 0.2) is 0 Å². The third-order valence-corrected chi connectivity index (χ3v) is 6.50. The molecule has 0 atom stereocenters. The van der Waals surface area contributed by atoms with Crippen molar-refractivity contribution in [3.63, 3.8) is 0 Å². The molecule has 2 rings (SSSR count). The van der Waals surface area contributed by atoms with Gasteiger partial charge < -0.3 is 9.88 Å². The highest BCUT2D eigenvalue weighted by molar-refractivity contribution is 9.10. The number of alkyl halides is 3. The fraction of sp³-hybridized carbons (Fsp3) is 0.478. The summed E-state index contributed by atoms with van der Waals surface area (Å²) in [5.41, 5.74) is 1.33. The number of aromatic nitrogens is 1. The lowest BCUT2D eigenvalue weighted by atomic mass is 9.98. The summed E-state index contributed by atoms with van der Waals surface area (Å²) >= 11 is 3.29. The first kappa shape index (κ1) is 25.2. The molecule has 2 aromatic rings. The third-order valence-electron chi connectivity index (χ3n) is 5.56. The van der Waals surface area contributed by atoms with Gasteiger partial charge >= 0.3 is 6.18 Å². The van der Waals surface area contributed by atoms with Crippen molar-refractivity contribution in [2.24, 2.45) is 7.05 Å². The number of nitrogens with one attached hydrogen (secondary N) is 1. The van der Waals surface area contributed by atoms with Crippen LogP contribution in [-0.2, 0) is 32.5 Å². The second-order valence-corrected chi connectivity index (χ2v) is 8.33. The van der Waals surface area contributed by atoms with Crippen LogP contribution in [-0.4, -0.2) is 10.5 Å². The molecule has 0 saturated heterocycles. The number of hydrogen-bond donors (Lipinski definition) is 1. The fourth-order valence-corrected chi connectivity index (χ4v) is 4.08. The molecule has 1 amide bonds. The first-order valence-corrected chi connectivity index (χ1v) is 11.2. The summed E-state index contributed by atoms with van der Waals surface area (Å²) in [6.07, 6.45) is -1.61. The minimum Gasteiger partial charge on any atom is -0.350 e. The topological polar surface area (TPSA) is 51.1 Å². The lowest BCUT2D eigenvalue weighted by molar-refractivity contribution is -0.137. The first-order chi connectivity index (χ1) is 14.5. The second kappa shape index (κ2) is 10.0. The Morgan fingerprint density at radius 3 is 2.13 bits per heavy atom. The van der Waals surface area contributed by atoms with E-state index in [-0.39, 0.29) is 5.56 Å². The molecule has 1 N–H and O–H groups in total. The maximum absolute atomic E-state index is 13.3. The van der Waals surface area contributed by atoms with Gasteiger partial charge in [-0.05, 0) is 71.8 Å². The molecule has 1 heterocycles. The van der Waals surface area contributed by atoms with Crippen LogP contribution in [0.1, 0.15) is 72.0 Å². The van der Waals surface area contributed by atoms with Crippen LogP contribution in [0.4, 0.5) is 18.9 Å². The molecule has 170 valence electrons. The van der Waals surface area contributed by atoms with Gasteiger partial charge in [0.25, 0.3) is 5.91 Å². The average Bonchev–Trinajstić information content (AvgIpc) is 2.72. The van der Waals surface area contributed by atoms with E-state index in [9.17, 15) is 22.8 Å². The number of carbonyl (C=O) groups excluding carboxylic acids is 1. The normalized spacial score (nSPS) is 11.6. The van der Waals surface area contributed by atoms with Gasteiger partial charge in [0.1, 0.15) is 5.56 Å². The number of unbranched alkanes of at least 4 members (excludes halogenated alkanes) is 1. The second-order valence-electron chi connectivity index (χ2n) is 7.54. The molecule has 0 saturated carbocycles. The van der Waals surface area contributed by atoms with Crippen LogP contribution in [0.3, 0.4) is 0 Å². The third kappa shape index (κ3) is 5.22. The Morgan fingerprint density at radius 2 is 1.68 bits per heavy atom. The van der Waals surface area contributed by atoms with Crippen molar-refractivity contribution in [3.05, 3.63) is 60.5 Å². The highest BCUT2D eigenvalue weighted by Crippen LogP contribution is 2.35. The fourth-order valence-electron chi connectivity index (χ4n) is 3.62. The van der Waals surface area contributed by atoms with Gasteiger partial charge in [-0.15, -0.1) is 0 Å². The van der Waals surface area contributed by atoms with Crippen LogP contribution >= 0.6 is 15.9 Å². The largest absolute Gasteiger partial charge is 0.416 e. The molecular weight excluding hydrogens is 473 g/mol. The van der Waals surface area contributed by atoms with E-state index in [2.05, 4.69) is 21.2 Å². The number of nitrogens with zero attached hydrogens (tertiary/aromatic N) is 1. The summed E-state index contributed by atoms with van der Waals surface area (Å²) < 4.78 is 42.0. The van der Waals surface area contributed by atoms with Crippen molar-refractivity contribution in [2.75, 3.05) is 5.32 Å². The quantitative estimate of drug-likeness (QED) is 0.492. The Kier molecular flexibility index (Phi) is 8.14. The molecule has 31 heavy (non-hydrogen) atoms. The number of benzene rings is 1. The zero-order valence-electron chi connectivity index (χ0n) is 18.5. The standard InChI is InChI=1S/C23H28BrF3N2O2/c1-6-9-10-17-18(21(30)19(24)13(4)29(17)5)22(31)28-20-14(7-2)11-16(23(25,26)27)12-15(20)8-3/h11-12H,6-10H2,1-5H3,(H,28,31). The molecule has 8 heteroatoms. The van der Waals surface area contributed by atoms with Gasteiger partial charge in [0.05, 0.1) is 10.0 Å². The van der Waals surface area contributed by atoms with Crippen molar-refractivity contribution >= 4 is 27.5 Å².